The number of carbonyl (C=O) groups is 2. The number of aromatic nitrogens is 1. The van der Waals surface area contributed by atoms with E-state index in [2.05, 4.69) is 10.3 Å². The van der Waals surface area contributed by atoms with Crippen LogP contribution in [0.15, 0.2) is 34.5 Å². The molecule has 1 aromatic heterocycles. The van der Waals surface area contributed by atoms with E-state index in [0.29, 0.717) is 37.1 Å². The molecule has 1 N–H and O–H groups in total. The van der Waals surface area contributed by atoms with Crippen molar-refractivity contribution in [3.8, 4) is 0 Å². The van der Waals surface area contributed by atoms with Crippen LogP contribution in [0.5, 0.6) is 0 Å². The topological polar surface area (TPSA) is 109 Å². The minimum Gasteiger partial charge on any atom is -0.379 e. The molecule has 0 radical (unpaired) electrons. The molecule has 2 aliphatic heterocycles. The van der Waals surface area contributed by atoms with Gasteiger partial charge in [-0.15, -0.1) is 11.3 Å². The number of aryl methyl sites for hydroxylation is 1. The standard InChI is InChI=1S/C19H22N4O5S2/c1-13-12-29-19(20-13)21-18(25)14-10-17(24)23(11-14)15-2-4-16(5-3-15)30(26,27)22-6-8-28-9-7-22/h2-5,12,14H,6-11H2,1H3,(H,20,21,25)/t14-/m1/s1. The van der Waals surface area contributed by atoms with E-state index in [-0.39, 0.29) is 29.7 Å². The summed E-state index contributed by atoms with van der Waals surface area (Å²) in [5.41, 5.74) is 1.40. The van der Waals surface area contributed by atoms with Crippen molar-refractivity contribution in [2.45, 2.75) is 18.2 Å². The summed E-state index contributed by atoms with van der Waals surface area (Å²) >= 11 is 1.34. The first kappa shape index (κ1) is 20.9. The van der Waals surface area contributed by atoms with Crippen molar-refractivity contribution in [2.75, 3.05) is 43.1 Å². The second-order valence-electron chi connectivity index (χ2n) is 7.20. The highest BCUT2D eigenvalue weighted by Gasteiger charge is 2.35. The van der Waals surface area contributed by atoms with Gasteiger partial charge in [0.15, 0.2) is 5.13 Å². The first-order chi connectivity index (χ1) is 14.3. The van der Waals surface area contributed by atoms with Crippen LogP contribution in [0.4, 0.5) is 10.8 Å². The van der Waals surface area contributed by atoms with Gasteiger partial charge in [0.05, 0.1) is 29.7 Å². The smallest absolute Gasteiger partial charge is 0.243 e. The van der Waals surface area contributed by atoms with Gasteiger partial charge in [0.25, 0.3) is 0 Å². The number of nitrogens with zero attached hydrogens (tertiary/aromatic N) is 3. The monoisotopic (exact) mass is 450 g/mol. The average molecular weight is 451 g/mol. The Hall–Kier alpha value is -2.34. The Morgan fingerprint density at radius 2 is 1.93 bits per heavy atom. The molecule has 3 heterocycles. The van der Waals surface area contributed by atoms with E-state index in [9.17, 15) is 18.0 Å². The first-order valence-electron chi connectivity index (χ1n) is 9.56. The maximum atomic E-state index is 12.7. The number of amides is 2. The molecule has 0 aliphatic carbocycles. The highest BCUT2D eigenvalue weighted by Crippen LogP contribution is 2.28. The fourth-order valence-electron chi connectivity index (χ4n) is 3.49. The molecule has 0 unspecified atom stereocenters. The zero-order valence-corrected chi connectivity index (χ0v) is 18.0. The maximum absolute atomic E-state index is 12.7. The van der Waals surface area contributed by atoms with Crippen LogP contribution in [0.3, 0.4) is 0 Å². The zero-order valence-electron chi connectivity index (χ0n) is 16.4. The minimum atomic E-state index is -3.59. The predicted octanol–water partition coefficient (Wildman–Crippen LogP) is 1.46. The van der Waals surface area contributed by atoms with Crippen LogP contribution in [0.1, 0.15) is 12.1 Å². The third-order valence-corrected chi connectivity index (χ3v) is 7.89. The molecular weight excluding hydrogens is 428 g/mol. The molecule has 1 aromatic carbocycles. The number of nitrogens with one attached hydrogen (secondary N) is 1. The number of morpholine rings is 1. The highest BCUT2D eigenvalue weighted by atomic mass is 32.2. The Balaban J connectivity index is 1.44. The van der Waals surface area contributed by atoms with Gasteiger partial charge < -0.3 is 15.0 Å². The predicted molar refractivity (Wildman–Crippen MR) is 112 cm³/mol. The van der Waals surface area contributed by atoms with Crippen LogP contribution in [-0.4, -0.2) is 62.4 Å². The van der Waals surface area contributed by atoms with E-state index < -0.39 is 15.9 Å². The number of hydrogen-bond acceptors (Lipinski definition) is 7. The number of sulfonamides is 1. The van der Waals surface area contributed by atoms with E-state index in [1.165, 1.54) is 32.7 Å². The van der Waals surface area contributed by atoms with Crippen LogP contribution >= 0.6 is 11.3 Å². The van der Waals surface area contributed by atoms with Gasteiger partial charge in [-0.25, -0.2) is 13.4 Å². The molecule has 2 fully saturated rings. The Kier molecular flexibility index (Phi) is 5.87. The molecule has 0 spiro atoms. The van der Waals surface area contributed by atoms with Crippen molar-refractivity contribution in [3.05, 3.63) is 35.3 Å². The van der Waals surface area contributed by atoms with E-state index in [0.717, 1.165) is 5.69 Å². The van der Waals surface area contributed by atoms with E-state index in [1.807, 2.05) is 12.3 Å². The van der Waals surface area contributed by atoms with E-state index in [1.54, 1.807) is 12.1 Å². The number of carbonyl (C=O) groups excluding carboxylic acids is 2. The van der Waals surface area contributed by atoms with Gasteiger partial charge in [0, 0.05) is 37.1 Å². The summed E-state index contributed by atoms with van der Waals surface area (Å²) in [6.07, 6.45) is 0.101. The Labute approximate surface area is 178 Å². The summed E-state index contributed by atoms with van der Waals surface area (Å²) in [6, 6.07) is 6.21. The Morgan fingerprint density at radius 1 is 1.23 bits per heavy atom. The van der Waals surface area contributed by atoms with Gasteiger partial charge in [0.2, 0.25) is 21.8 Å². The van der Waals surface area contributed by atoms with Crippen LogP contribution < -0.4 is 10.2 Å². The summed E-state index contributed by atoms with van der Waals surface area (Å²) in [6.45, 7) is 3.49. The van der Waals surface area contributed by atoms with Gasteiger partial charge in [-0.3, -0.25) is 9.59 Å². The lowest BCUT2D eigenvalue weighted by Gasteiger charge is -2.26. The average Bonchev–Trinajstić information content (AvgIpc) is 3.34. The Morgan fingerprint density at radius 3 is 2.57 bits per heavy atom. The summed E-state index contributed by atoms with van der Waals surface area (Å²) in [5.74, 6) is -0.903. The molecular formula is C19H22N4O5S2. The first-order valence-corrected chi connectivity index (χ1v) is 11.9. The van der Waals surface area contributed by atoms with Gasteiger partial charge >= 0.3 is 0 Å². The van der Waals surface area contributed by atoms with Gasteiger partial charge in [-0.2, -0.15) is 4.31 Å². The molecule has 0 bridgehead atoms. The number of ether oxygens (including phenoxy) is 1. The fraction of sp³-hybridized carbons (Fsp3) is 0.421. The number of hydrogen-bond donors (Lipinski definition) is 1. The van der Waals surface area contributed by atoms with Crippen molar-refractivity contribution < 1.29 is 22.7 Å². The third-order valence-electron chi connectivity index (χ3n) is 5.10. The van der Waals surface area contributed by atoms with Crippen LogP contribution in [0.2, 0.25) is 0 Å². The lowest BCUT2D eigenvalue weighted by Crippen LogP contribution is -2.40. The van der Waals surface area contributed by atoms with Crippen molar-refractivity contribution in [1.29, 1.82) is 0 Å². The molecule has 2 aromatic rings. The fourth-order valence-corrected chi connectivity index (χ4v) is 5.58. The van der Waals surface area contributed by atoms with Crippen LogP contribution in [0, 0.1) is 12.8 Å². The largest absolute Gasteiger partial charge is 0.379 e. The van der Waals surface area contributed by atoms with Crippen molar-refractivity contribution in [3.63, 3.8) is 0 Å². The molecule has 11 heteroatoms. The number of thiazole rings is 1. The lowest BCUT2D eigenvalue weighted by atomic mass is 10.1. The molecule has 2 saturated heterocycles. The second kappa shape index (κ2) is 8.42. The molecule has 160 valence electrons. The van der Waals surface area contributed by atoms with Gasteiger partial charge in [-0.1, -0.05) is 0 Å². The molecule has 30 heavy (non-hydrogen) atoms. The number of benzene rings is 1. The molecule has 4 rings (SSSR count). The number of rotatable bonds is 5. The van der Waals surface area contributed by atoms with Crippen molar-refractivity contribution in [1.82, 2.24) is 9.29 Å². The summed E-state index contributed by atoms with van der Waals surface area (Å²) in [5, 5.41) is 5.11. The molecule has 1 atom stereocenters. The molecule has 9 nitrogen and oxygen atoms in total. The molecule has 2 amide bonds. The number of anilines is 2. The third kappa shape index (κ3) is 4.24. The van der Waals surface area contributed by atoms with Crippen molar-refractivity contribution >= 4 is 44.0 Å². The normalized spacial score (nSPS) is 20.5. The zero-order chi connectivity index (χ0) is 21.3. The lowest BCUT2D eigenvalue weighted by molar-refractivity contribution is -0.122. The highest BCUT2D eigenvalue weighted by molar-refractivity contribution is 7.89. The summed E-state index contributed by atoms with van der Waals surface area (Å²) in [4.78, 5) is 30.9. The summed E-state index contributed by atoms with van der Waals surface area (Å²) < 4.78 is 32.1. The van der Waals surface area contributed by atoms with Crippen LogP contribution in [-0.2, 0) is 24.3 Å². The van der Waals surface area contributed by atoms with Gasteiger partial charge in [0.1, 0.15) is 0 Å². The molecule has 0 saturated carbocycles. The molecule has 2 aliphatic rings. The quantitative estimate of drug-likeness (QED) is 0.739. The van der Waals surface area contributed by atoms with Crippen molar-refractivity contribution in [2.24, 2.45) is 5.92 Å². The van der Waals surface area contributed by atoms with Crippen LogP contribution in [0.25, 0.3) is 0 Å². The van der Waals surface area contributed by atoms with E-state index in [4.69, 9.17) is 4.74 Å². The second-order valence-corrected chi connectivity index (χ2v) is 10.00. The Bertz CT molecular complexity index is 1050. The summed E-state index contributed by atoms with van der Waals surface area (Å²) in [7, 11) is -3.59. The SMILES string of the molecule is Cc1csc(NC(=O)[C@@H]2CC(=O)N(c3ccc(S(=O)(=O)N4CCOCC4)cc3)C2)n1. The minimum absolute atomic E-state index is 0.101. The van der Waals surface area contributed by atoms with Gasteiger partial charge in [-0.05, 0) is 31.2 Å². The van der Waals surface area contributed by atoms with E-state index >= 15 is 0 Å². The maximum Gasteiger partial charge on any atom is 0.243 e.